The molecular formula is C27H38N4O4. The van der Waals surface area contributed by atoms with Crippen LogP contribution in [0.1, 0.15) is 109 Å². The predicted molar refractivity (Wildman–Crippen MR) is 134 cm³/mol. The Morgan fingerprint density at radius 3 is 2.49 bits per heavy atom. The summed E-state index contributed by atoms with van der Waals surface area (Å²) < 4.78 is 1.79. The molecule has 2 aromatic rings. The summed E-state index contributed by atoms with van der Waals surface area (Å²) in [5.74, 6) is 0.234. The van der Waals surface area contributed by atoms with Crippen molar-refractivity contribution in [2.75, 3.05) is 0 Å². The SMILES string of the molecule is CC1CCCCC1.Cc1cc(-n2nc(CCCCC(=O)NO)c3c2CCCC3=O)ccc1C(N)=O. The van der Waals surface area contributed by atoms with E-state index in [1.165, 1.54) is 32.1 Å². The van der Waals surface area contributed by atoms with Crippen LogP contribution in [0.2, 0.25) is 0 Å². The van der Waals surface area contributed by atoms with Gasteiger partial charge in [-0.3, -0.25) is 19.6 Å². The summed E-state index contributed by atoms with van der Waals surface area (Å²) in [5.41, 5.74) is 11.3. The van der Waals surface area contributed by atoms with E-state index >= 15 is 0 Å². The number of primary amides is 1. The first-order valence-corrected chi connectivity index (χ1v) is 12.8. The molecule has 1 fully saturated rings. The molecule has 0 saturated heterocycles. The number of nitrogens with two attached hydrogens (primary N) is 1. The number of amides is 2. The van der Waals surface area contributed by atoms with Crippen LogP contribution in [0.25, 0.3) is 5.69 Å². The van der Waals surface area contributed by atoms with Gasteiger partial charge in [-0.15, -0.1) is 0 Å². The van der Waals surface area contributed by atoms with Crippen molar-refractivity contribution in [2.24, 2.45) is 11.7 Å². The number of fused-ring (bicyclic) bond motifs is 1. The Morgan fingerprint density at radius 2 is 1.89 bits per heavy atom. The highest BCUT2D eigenvalue weighted by atomic mass is 16.5. The first kappa shape index (κ1) is 26.6. The maximum atomic E-state index is 12.5. The second-order valence-electron chi connectivity index (χ2n) is 9.81. The van der Waals surface area contributed by atoms with Crippen LogP contribution in [0.4, 0.5) is 0 Å². The summed E-state index contributed by atoms with van der Waals surface area (Å²) >= 11 is 0. The molecule has 4 N–H and O–H groups in total. The third-order valence-electron chi connectivity index (χ3n) is 6.96. The van der Waals surface area contributed by atoms with Crippen LogP contribution in [0.3, 0.4) is 0 Å². The van der Waals surface area contributed by atoms with E-state index in [2.05, 4.69) is 6.92 Å². The zero-order chi connectivity index (χ0) is 25.4. The number of nitrogens with zero attached hydrogens (tertiary/aromatic N) is 2. The number of Topliss-reactive ketones (excluding diaryl/α,β-unsaturated/α-hetero) is 1. The topological polar surface area (TPSA) is 127 Å². The standard InChI is InChI=1S/C20H24N4O4.C7H14/c1-12-11-13(9-10-14(12)20(21)27)24-16-6-4-7-17(25)19(16)15(22-24)5-2-3-8-18(26)23-28;1-7-5-3-2-4-6-7/h9-11,28H,2-8H2,1H3,(H2,21,27)(H,23,26);7H,2-6H2,1H3. The van der Waals surface area contributed by atoms with E-state index in [1.807, 2.05) is 13.0 Å². The molecule has 0 radical (unpaired) electrons. The van der Waals surface area contributed by atoms with E-state index < -0.39 is 11.8 Å². The lowest BCUT2D eigenvalue weighted by molar-refractivity contribution is -0.129. The lowest BCUT2D eigenvalue weighted by atomic mass is 9.91. The van der Waals surface area contributed by atoms with Crippen molar-refractivity contribution in [1.29, 1.82) is 0 Å². The smallest absolute Gasteiger partial charge is 0.248 e. The molecule has 1 aromatic heterocycles. The highest BCUT2D eigenvalue weighted by molar-refractivity contribution is 5.99. The molecule has 1 saturated carbocycles. The van der Waals surface area contributed by atoms with Crippen molar-refractivity contribution in [3.05, 3.63) is 46.3 Å². The molecule has 190 valence electrons. The third kappa shape index (κ3) is 7.01. The average molecular weight is 483 g/mol. The van der Waals surface area contributed by atoms with Crippen molar-refractivity contribution in [2.45, 2.75) is 90.9 Å². The molecule has 0 unspecified atom stereocenters. The minimum absolute atomic E-state index is 0.0982. The van der Waals surface area contributed by atoms with Gasteiger partial charge in [-0.05, 0) is 68.7 Å². The Labute approximate surface area is 207 Å². The van der Waals surface area contributed by atoms with E-state index in [0.717, 1.165) is 41.4 Å². The predicted octanol–water partition coefficient (Wildman–Crippen LogP) is 4.60. The van der Waals surface area contributed by atoms with Crippen LogP contribution in [0.5, 0.6) is 0 Å². The van der Waals surface area contributed by atoms with Crippen molar-refractivity contribution < 1.29 is 19.6 Å². The van der Waals surface area contributed by atoms with Gasteiger partial charge in [-0.2, -0.15) is 5.10 Å². The van der Waals surface area contributed by atoms with Crippen LogP contribution in [0.15, 0.2) is 18.2 Å². The molecule has 0 spiro atoms. The Morgan fingerprint density at radius 1 is 1.14 bits per heavy atom. The number of carbonyl (C=O) groups is 3. The number of aromatic nitrogens is 2. The molecule has 35 heavy (non-hydrogen) atoms. The van der Waals surface area contributed by atoms with Crippen molar-refractivity contribution in [3.8, 4) is 5.69 Å². The molecular weight excluding hydrogens is 444 g/mol. The zero-order valence-corrected chi connectivity index (χ0v) is 20.9. The first-order chi connectivity index (χ1) is 16.8. The van der Waals surface area contributed by atoms with E-state index in [9.17, 15) is 14.4 Å². The summed E-state index contributed by atoms with van der Waals surface area (Å²) in [6.45, 7) is 4.18. The average Bonchev–Trinajstić information content (AvgIpc) is 3.22. The lowest BCUT2D eigenvalue weighted by Gasteiger charge is -2.15. The highest BCUT2D eigenvalue weighted by Crippen LogP contribution is 2.29. The number of hydrogen-bond donors (Lipinski definition) is 3. The van der Waals surface area contributed by atoms with Gasteiger partial charge in [0.1, 0.15) is 0 Å². The zero-order valence-electron chi connectivity index (χ0n) is 20.9. The minimum atomic E-state index is -0.477. The number of carbonyl (C=O) groups excluding carboxylic acids is 3. The quantitative estimate of drug-likeness (QED) is 0.302. The molecule has 8 heteroatoms. The van der Waals surface area contributed by atoms with Gasteiger partial charge in [-0.25, -0.2) is 10.2 Å². The Bertz CT molecular complexity index is 1050. The van der Waals surface area contributed by atoms with E-state index in [1.54, 1.807) is 22.3 Å². The van der Waals surface area contributed by atoms with Crippen LogP contribution < -0.4 is 11.2 Å². The second kappa shape index (κ2) is 12.6. The number of ketones is 1. The molecule has 1 aromatic carbocycles. The van der Waals surface area contributed by atoms with E-state index in [4.69, 9.17) is 16.0 Å². The van der Waals surface area contributed by atoms with Crippen LogP contribution in [-0.2, 0) is 17.6 Å². The van der Waals surface area contributed by atoms with Gasteiger partial charge in [-0.1, -0.05) is 39.0 Å². The Kier molecular flexibility index (Phi) is 9.60. The Hall–Kier alpha value is -3.00. The molecule has 0 aliphatic heterocycles. The van der Waals surface area contributed by atoms with Crippen molar-refractivity contribution >= 4 is 17.6 Å². The largest absolute Gasteiger partial charge is 0.366 e. The monoisotopic (exact) mass is 482 g/mol. The van der Waals surface area contributed by atoms with Gasteiger partial charge in [0, 0.05) is 18.4 Å². The summed E-state index contributed by atoms with van der Waals surface area (Å²) in [4.78, 5) is 35.2. The molecule has 1 heterocycles. The first-order valence-electron chi connectivity index (χ1n) is 12.8. The number of hydrogen-bond acceptors (Lipinski definition) is 5. The number of hydroxylamine groups is 1. The van der Waals surface area contributed by atoms with Gasteiger partial charge in [0.15, 0.2) is 5.78 Å². The van der Waals surface area contributed by atoms with Crippen molar-refractivity contribution in [3.63, 3.8) is 0 Å². The third-order valence-corrected chi connectivity index (χ3v) is 6.96. The van der Waals surface area contributed by atoms with Gasteiger partial charge in [0.25, 0.3) is 0 Å². The van der Waals surface area contributed by atoms with Crippen molar-refractivity contribution in [1.82, 2.24) is 15.3 Å². The summed E-state index contributed by atoms with van der Waals surface area (Å²) in [7, 11) is 0. The van der Waals surface area contributed by atoms with Crippen LogP contribution >= 0.6 is 0 Å². The maximum absolute atomic E-state index is 12.5. The Balaban J connectivity index is 0.000000420. The molecule has 8 nitrogen and oxygen atoms in total. The molecule has 2 aliphatic rings. The number of aryl methyl sites for hydroxylation is 2. The lowest BCUT2D eigenvalue weighted by Crippen LogP contribution is -2.17. The fraction of sp³-hybridized carbons (Fsp3) is 0.556. The summed E-state index contributed by atoms with van der Waals surface area (Å²) in [5, 5.41) is 13.3. The molecule has 2 amide bonds. The fourth-order valence-electron chi connectivity index (χ4n) is 4.98. The number of benzene rings is 1. The summed E-state index contributed by atoms with van der Waals surface area (Å²) in [6.07, 6.45) is 11.6. The van der Waals surface area contributed by atoms with Gasteiger partial charge in [0.2, 0.25) is 11.8 Å². The normalized spacial score (nSPS) is 15.7. The number of rotatable bonds is 7. The fourth-order valence-corrected chi connectivity index (χ4v) is 4.98. The number of nitrogens with one attached hydrogen (secondary N) is 1. The van der Waals surface area contributed by atoms with Gasteiger partial charge < -0.3 is 5.73 Å². The van der Waals surface area contributed by atoms with Crippen LogP contribution in [-0.4, -0.2) is 32.6 Å². The van der Waals surface area contributed by atoms with Gasteiger partial charge in [0.05, 0.1) is 22.6 Å². The van der Waals surface area contributed by atoms with E-state index in [0.29, 0.717) is 36.8 Å². The molecule has 0 atom stereocenters. The van der Waals surface area contributed by atoms with E-state index in [-0.39, 0.29) is 12.2 Å². The van der Waals surface area contributed by atoms with Crippen LogP contribution in [0, 0.1) is 12.8 Å². The molecule has 4 rings (SSSR count). The second-order valence-corrected chi connectivity index (χ2v) is 9.81. The summed E-state index contributed by atoms with van der Waals surface area (Å²) in [6, 6.07) is 5.32. The number of unbranched alkanes of at least 4 members (excludes halogenated alkanes) is 1. The minimum Gasteiger partial charge on any atom is -0.366 e. The highest BCUT2D eigenvalue weighted by Gasteiger charge is 2.27. The maximum Gasteiger partial charge on any atom is 0.248 e. The van der Waals surface area contributed by atoms with Gasteiger partial charge >= 0.3 is 0 Å². The molecule has 2 aliphatic carbocycles. The molecule has 0 bridgehead atoms.